The van der Waals surface area contributed by atoms with Gasteiger partial charge in [-0.25, -0.2) is 0 Å². The molecule has 4 nitrogen and oxygen atoms in total. The molecule has 0 spiro atoms. The van der Waals surface area contributed by atoms with Crippen molar-refractivity contribution in [2.24, 2.45) is 5.92 Å². The molecule has 0 bridgehead atoms. The molecule has 1 aliphatic rings. The van der Waals surface area contributed by atoms with E-state index in [1.165, 1.54) is 12.1 Å². The van der Waals surface area contributed by atoms with Crippen molar-refractivity contribution in [2.75, 3.05) is 6.54 Å². The van der Waals surface area contributed by atoms with E-state index in [2.05, 4.69) is 0 Å². The van der Waals surface area contributed by atoms with E-state index in [-0.39, 0.29) is 53.5 Å². The smallest absolute Gasteiger partial charge is 0.229 e. The lowest BCUT2D eigenvalue weighted by Gasteiger charge is -2.27. The highest BCUT2D eigenvalue weighted by molar-refractivity contribution is 6.37. The van der Waals surface area contributed by atoms with Gasteiger partial charge in [0.1, 0.15) is 0 Å². The molecule has 2 rings (SSSR count). The fourth-order valence-electron chi connectivity index (χ4n) is 2.15. The first-order valence-corrected chi connectivity index (χ1v) is 6.95. The number of ketones is 1. The van der Waals surface area contributed by atoms with Crippen LogP contribution in [0.5, 0.6) is 0 Å². The first-order chi connectivity index (χ1) is 9.38. The van der Waals surface area contributed by atoms with Gasteiger partial charge in [-0.15, -0.1) is 0 Å². The zero-order valence-electron chi connectivity index (χ0n) is 10.9. The summed E-state index contributed by atoms with van der Waals surface area (Å²) >= 11 is 11.7. The molecule has 1 aromatic carbocycles. The van der Waals surface area contributed by atoms with Crippen LogP contribution in [0.3, 0.4) is 0 Å². The highest BCUT2D eigenvalue weighted by Crippen LogP contribution is 2.23. The predicted molar refractivity (Wildman–Crippen MR) is 75.9 cm³/mol. The molecular formula is C14H13Cl2NO3. The topological polar surface area (TPSA) is 54.5 Å². The monoisotopic (exact) mass is 313 g/mol. The maximum Gasteiger partial charge on any atom is 0.229 e. The van der Waals surface area contributed by atoms with Crippen LogP contribution in [0, 0.1) is 5.92 Å². The van der Waals surface area contributed by atoms with Crippen LogP contribution in [0.1, 0.15) is 30.1 Å². The van der Waals surface area contributed by atoms with Gasteiger partial charge >= 0.3 is 0 Å². The van der Waals surface area contributed by atoms with Crippen molar-refractivity contribution >= 4 is 40.8 Å². The maximum atomic E-state index is 12.1. The van der Waals surface area contributed by atoms with E-state index in [0.717, 1.165) is 4.90 Å². The molecule has 1 aromatic rings. The van der Waals surface area contributed by atoms with E-state index in [1.54, 1.807) is 6.07 Å². The van der Waals surface area contributed by atoms with E-state index < -0.39 is 0 Å². The van der Waals surface area contributed by atoms with Gasteiger partial charge in [0, 0.05) is 23.4 Å². The SMILES string of the molecule is CC1CC(=O)N(CC(=O)c2ccc(Cl)cc2Cl)C(=O)C1. The Morgan fingerprint density at radius 1 is 1.25 bits per heavy atom. The number of hydrogen-bond acceptors (Lipinski definition) is 3. The second kappa shape index (κ2) is 5.94. The van der Waals surface area contributed by atoms with E-state index in [4.69, 9.17) is 23.2 Å². The van der Waals surface area contributed by atoms with Gasteiger partial charge in [-0.3, -0.25) is 19.3 Å². The van der Waals surface area contributed by atoms with Crippen molar-refractivity contribution in [2.45, 2.75) is 19.8 Å². The van der Waals surface area contributed by atoms with Gasteiger partial charge in [-0.05, 0) is 24.1 Å². The van der Waals surface area contributed by atoms with Gasteiger partial charge in [0.25, 0.3) is 0 Å². The number of piperidine rings is 1. The first kappa shape index (κ1) is 15.0. The van der Waals surface area contributed by atoms with Crippen LogP contribution in [-0.4, -0.2) is 29.0 Å². The second-order valence-corrected chi connectivity index (χ2v) is 5.78. The van der Waals surface area contributed by atoms with Crippen LogP contribution in [0.4, 0.5) is 0 Å². The Bertz CT molecular complexity index is 568. The lowest BCUT2D eigenvalue weighted by molar-refractivity contribution is -0.149. The normalized spacial score (nSPS) is 16.6. The largest absolute Gasteiger partial charge is 0.292 e. The number of rotatable bonds is 3. The van der Waals surface area contributed by atoms with Crippen LogP contribution >= 0.6 is 23.2 Å². The fourth-order valence-corrected chi connectivity index (χ4v) is 2.66. The van der Waals surface area contributed by atoms with Crippen molar-refractivity contribution < 1.29 is 14.4 Å². The summed E-state index contributed by atoms with van der Waals surface area (Å²) in [4.78, 5) is 36.8. The minimum Gasteiger partial charge on any atom is -0.292 e. The molecule has 1 aliphatic heterocycles. The number of Topliss-reactive ketones (excluding diaryl/α,β-unsaturated/α-hetero) is 1. The van der Waals surface area contributed by atoms with Gasteiger partial charge in [-0.2, -0.15) is 0 Å². The number of halogens is 2. The number of amides is 2. The minimum atomic E-state index is -0.372. The zero-order chi connectivity index (χ0) is 14.9. The molecule has 0 aromatic heterocycles. The highest BCUT2D eigenvalue weighted by Gasteiger charge is 2.32. The van der Waals surface area contributed by atoms with Crippen molar-refractivity contribution in [3.05, 3.63) is 33.8 Å². The van der Waals surface area contributed by atoms with Crippen LogP contribution in [0.15, 0.2) is 18.2 Å². The Morgan fingerprint density at radius 2 is 1.85 bits per heavy atom. The molecule has 1 fully saturated rings. The molecule has 20 heavy (non-hydrogen) atoms. The summed E-state index contributed by atoms with van der Waals surface area (Å²) in [5.74, 6) is -0.970. The zero-order valence-corrected chi connectivity index (χ0v) is 12.4. The van der Waals surface area contributed by atoms with Gasteiger partial charge < -0.3 is 0 Å². The third-order valence-electron chi connectivity index (χ3n) is 3.18. The molecule has 0 saturated carbocycles. The summed E-state index contributed by atoms with van der Waals surface area (Å²) in [7, 11) is 0. The van der Waals surface area contributed by atoms with Gasteiger partial charge in [0.05, 0.1) is 11.6 Å². The number of benzene rings is 1. The predicted octanol–water partition coefficient (Wildman–Crippen LogP) is 2.96. The first-order valence-electron chi connectivity index (χ1n) is 6.20. The lowest BCUT2D eigenvalue weighted by atomic mass is 9.97. The van der Waals surface area contributed by atoms with E-state index in [1.807, 2.05) is 6.92 Å². The summed E-state index contributed by atoms with van der Waals surface area (Å²) in [6.45, 7) is 1.57. The van der Waals surface area contributed by atoms with Gasteiger partial charge in [0.15, 0.2) is 5.78 Å². The van der Waals surface area contributed by atoms with Crippen molar-refractivity contribution in [1.29, 1.82) is 0 Å². The Hall–Kier alpha value is -1.39. The molecule has 0 unspecified atom stereocenters. The number of carbonyl (C=O) groups is 3. The molecule has 1 saturated heterocycles. The van der Waals surface area contributed by atoms with Crippen molar-refractivity contribution in [1.82, 2.24) is 4.90 Å². The second-order valence-electron chi connectivity index (χ2n) is 4.93. The highest BCUT2D eigenvalue weighted by atomic mass is 35.5. The average Bonchev–Trinajstić information content (AvgIpc) is 2.33. The van der Waals surface area contributed by atoms with Crippen LogP contribution in [0.2, 0.25) is 10.0 Å². The molecule has 106 valence electrons. The minimum absolute atomic E-state index is 0.0282. The number of nitrogens with zero attached hydrogens (tertiary/aromatic N) is 1. The summed E-state index contributed by atoms with van der Waals surface area (Å²) in [5, 5.41) is 0.637. The molecule has 0 radical (unpaired) electrons. The maximum absolute atomic E-state index is 12.1. The average molecular weight is 314 g/mol. The Balaban J connectivity index is 2.15. The molecule has 0 atom stereocenters. The fraction of sp³-hybridized carbons (Fsp3) is 0.357. The molecule has 1 heterocycles. The van der Waals surface area contributed by atoms with E-state index in [9.17, 15) is 14.4 Å². The number of likely N-dealkylation sites (tertiary alicyclic amines) is 1. The van der Waals surface area contributed by atoms with Gasteiger partial charge in [0.2, 0.25) is 11.8 Å². The van der Waals surface area contributed by atoms with Crippen LogP contribution < -0.4 is 0 Å². The lowest BCUT2D eigenvalue weighted by Crippen LogP contribution is -2.45. The van der Waals surface area contributed by atoms with Crippen LogP contribution in [-0.2, 0) is 9.59 Å². The third-order valence-corrected chi connectivity index (χ3v) is 3.73. The quantitative estimate of drug-likeness (QED) is 0.637. The Kier molecular flexibility index (Phi) is 4.45. The standard InChI is InChI=1S/C14H13Cl2NO3/c1-8-4-13(19)17(14(20)5-8)7-12(18)10-3-2-9(15)6-11(10)16/h2-3,6,8H,4-5,7H2,1H3. The summed E-state index contributed by atoms with van der Waals surface area (Å²) in [6.07, 6.45) is 0.570. The summed E-state index contributed by atoms with van der Waals surface area (Å²) < 4.78 is 0. The summed E-state index contributed by atoms with van der Waals surface area (Å²) in [6, 6.07) is 4.50. The number of carbonyl (C=O) groups excluding carboxylic acids is 3. The Morgan fingerprint density at radius 3 is 2.40 bits per heavy atom. The Labute approximate surface area is 126 Å². The third kappa shape index (κ3) is 3.19. The van der Waals surface area contributed by atoms with Crippen LogP contribution in [0.25, 0.3) is 0 Å². The van der Waals surface area contributed by atoms with Gasteiger partial charge in [-0.1, -0.05) is 30.1 Å². The van der Waals surface area contributed by atoms with E-state index in [0.29, 0.717) is 5.02 Å². The summed E-state index contributed by atoms with van der Waals surface area (Å²) in [5.41, 5.74) is 0.260. The molecule has 2 amide bonds. The van der Waals surface area contributed by atoms with E-state index >= 15 is 0 Å². The molecule has 6 heteroatoms. The van der Waals surface area contributed by atoms with Crippen molar-refractivity contribution in [3.8, 4) is 0 Å². The molecule has 0 N–H and O–H groups in total. The molecular weight excluding hydrogens is 301 g/mol. The molecule has 0 aliphatic carbocycles. The van der Waals surface area contributed by atoms with Crippen molar-refractivity contribution in [3.63, 3.8) is 0 Å². The number of imide groups is 1. The number of hydrogen-bond donors (Lipinski definition) is 0.